The van der Waals surface area contributed by atoms with Crippen molar-refractivity contribution >= 4 is 39.7 Å². The van der Waals surface area contributed by atoms with E-state index in [9.17, 15) is 19.5 Å². The van der Waals surface area contributed by atoms with Crippen molar-refractivity contribution in [2.24, 2.45) is 17.8 Å². The molecule has 3 aromatic carbocycles. The summed E-state index contributed by atoms with van der Waals surface area (Å²) in [7, 11) is 2.72. The number of benzene rings is 3. The van der Waals surface area contributed by atoms with Crippen LogP contribution in [0, 0.1) is 17.8 Å². The second-order valence-corrected chi connectivity index (χ2v) is 18.5. The van der Waals surface area contributed by atoms with Crippen LogP contribution in [0.2, 0.25) is 0 Å². The lowest BCUT2D eigenvalue weighted by Gasteiger charge is -2.34. The molecule has 1 saturated carbocycles. The van der Waals surface area contributed by atoms with Crippen molar-refractivity contribution in [1.82, 2.24) is 40.4 Å². The Kier molecular flexibility index (Phi) is 11.6. The molecule has 5 aliphatic rings. The number of likely N-dealkylation sites (tertiary alicyclic amines) is 2. The Morgan fingerprint density at radius 1 is 0.922 bits per heavy atom. The number of imidazole rings is 2. The van der Waals surface area contributed by atoms with Gasteiger partial charge in [-0.2, -0.15) is 0 Å². The molecule has 4 aliphatic heterocycles. The van der Waals surface area contributed by atoms with Crippen LogP contribution >= 0.6 is 0 Å². The standard InChI is InChI=1S/C48H58N8O8/c1-25(2)40(53-47(59)61-3)46(58)56-36-8-5-7-29(36)21-38(56)44-50-34-13-11-27-20-33-31-12-10-28(19-30(31)24-64-39(33)22-32(27)42(34)52-44)35-23-49-43(51-35)37-9-6-16-55(37)45(57)41(54-48(60)62-4)26-14-17-63-18-15-26/h10-13,19-20,22-23,25-26,29,36-38,40-41,47,53,59H,5-9,14-18,21,24H2,1-4H3,(H,49,51)(H,50,52)(H,54,60)/t29?,36-,37?,38-,40-,41-,47?/m0/s1. The predicted molar refractivity (Wildman–Crippen MR) is 238 cm³/mol. The molecule has 5 N–H and O–H groups in total. The van der Waals surface area contributed by atoms with E-state index in [-0.39, 0.29) is 41.8 Å². The largest absolute Gasteiger partial charge is 0.488 e. The maximum atomic E-state index is 14.4. The molecule has 10 rings (SSSR count). The molecule has 3 saturated heterocycles. The van der Waals surface area contributed by atoms with E-state index in [4.69, 9.17) is 28.9 Å². The molecule has 5 aromatic rings. The highest BCUT2D eigenvalue weighted by atomic mass is 16.6. The van der Waals surface area contributed by atoms with Gasteiger partial charge in [0.15, 0.2) is 0 Å². The Bertz CT molecular complexity index is 2570. The van der Waals surface area contributed by atoms with Gasteiger partial charge in [-0.05, 0) is 109 Å². The molecule has 338 valence electrons. The molecule has 0 spiro atoms. The van der Waals surface area contributed by atoms with Crippen molar-refractivity contribution in [2.75, 3.05) is 34.0 Å². The summed E-state index contributed by atoms with van der Waals surface area (Å²) in [6.07, 6.45) is 6.93. The Hall–Kier alpha value is -5.55. The first-order valence-corrected chi connectivity index (χ1v) is 22.9. The van der Waals surface area contributed by atoms with Gasteiger partial charge in [-0.15, -0.1) is 0 Å². The average Bonchev–Trinajstić information content (AvgIpc) is 4.17. The summed E-state index contributed by atoms with van der Waals surface area (Å²) < 4.78 is 22.0. The number of H-pyrrole nitrogens is 2. The summed E-state index contributed by atoms with van der Waals surface area (Å²) in [5, 5.41) is 18.1. The van der Waals surface area contributed by atoms with Crippen molar-refractivity contribution < 1.29 is 38.4 Å². The number of aromatic nitrogens is 4. The van der Waals surface area contributed by atoms with Gasteiger partial charge in [0.2, 0.25) is 18.2 Å². The molecule has 6 heterocycles. The number of carbonyl (C=O) groups is 3. The fraction of sp³-hybridized carbons (Fsp3) is 0.521. The predicted octanol–water partition coefficient (Wildman–Crippen LogP) is 6.46. The first kappa shape index (κ1) is 42.4. The fourth-order valence-corrected chi connectivity index (χ4v) is 11.2. The fourth-order valence-electron chi connectivity index (χ4n) is 11.2. The third-order valence-corrected chi connectivity index (χ3v) is 14.5. The normalized spacial score (nSPS) is 23.5. The lowest BCUT2D eigenvalue weighted by atomic mass is 9.90. The van der Waals surface area contributed by atoms with E-state index >= 15 is 0 Å². The Balaban J connectivity index is 0.898. The number of methoxy groups -OCH3 is 2. The van der Waals surface area contributed by atoms with Gasteiger partial charge in [0.1, 0.15) is 30.0 Å². The van der Waals surface area contributed by atoms with Crippen molar-refractivity contribution in [1.29, 1.82) is 0 Å². The number of amides is 3. The number of rotatable bonds is 11. The van der Waals surface area contributed by atoms with Crippen molar-refractivity contribution in [3.8, 4) is 28.1 Å². The number of aliphatic hydroxyl groups is 1. The number of ether oxygens (including phenoxy) is 4. The van der Waals surface area contributed by atoms with Gasteiger partial charge in [-0.3, -0.25) is 14.9 Å². The number of hydrogen-bond acceptors (Lipinski definition) is 11. The van der Waals surface area contributed by atoms with Crippen molar-refractivity contribution in [3.63, 3.8) is 0 Å². The highest BCUT2D eigenvalue weighted by Gasteiger charge is 2.49. The highest BCUT2D eigenvalue weighted by Crippen LogP contribution is 2.49. The van der Waals surface area contributed by atoms with Gasteiger partial charge >= 0.3 is 6.09 Å². The van der Waals surface area contributed by atoms with E-state index in [0.717, 1.165) is 106 Å². The number of aromatic amines is 2. The second-order valence-electron chi connectivity index (χ2n) is 18.5. The van der Waals surface area contributed by atoms with Crippen LogP contribution in [-0.4, -0.2) is 111 Å². The maximum Gasteiger partial charge on any atom is 0.407 e. The van der Waals surface area contributed by atoms with E-state index in [1.807, 2.05) is 29.8 Å². The third-order valence-electron chi connectivity index (χ3n) is 14.5. The average molecular weight is 875 g/mol. The molecule has 0 bridgehead atoms. The van der Waals surface area contributed by atoms with Crippen LogP contribution < -0.4 is 15.4 Å². The van der Waals surface area contributed by atoms with Gasteiger partial charge in [-0.1, -0.05) is 38.5 Å². The Labute approximate surface area is 371 Å². The van der Waals surface area contributed by atoms with Crippen LogP contribution in [-0.2, 0) is 30.4 Å². The molecule has 3 amide bonds. The zero-order chi connectivity index (χ0) is 44.2. The number of fused-ring (bicyclic) bond motifs is 7. The van der Waals surface area contributed by atoms with Gasteiger partial charge < -0.3 is 49.1 Å². The molecular weight excluding hydrogens is 817 g/mol. The minimum atomic E-state index is -1.24. The molecular formula is C48H58N8O8. The molecule has 3 unspecified atom stereocenters. The van der Waals surface area contributed by atoms with Crippen LogP contribution in [0.5, 0.6) is 5.75 Å². The highest BCUT2D eigenvalue weighted by molar-refractivity contribution is 6.07. The van der Waals surface area contributed by atoms with E-state index in [1.54, 1.807) is 0 Å². The summed E-state index contributed by atoms with van der Waals surface area (Å²) in [6, 6.07) is 13.2. The number of aliphatic hydroxyl groups excluding tert-OH is 1. The minimum absolute atomic E-state index is 0.0360. The topological polar surface area (TPSA) is 196 Å². The smallest absolute Gasteiger partial charge is 0.407 e. The number of carbonyl (C=O) groups excluding carboxylic acids is 3. The number of nitrogens with zero attached hydrogens (tertiary/aromatic N) is 4. The monoisotopic (exact) mass is 874 g/mol. The van der Waals surface area contributed by atoms with Crippen LogP contribution in [0.25, 0.3) is 44.2 Å². The third kappa shape index (κ3) is 7.67. The van der Waals surface area contributed by atoms with Crippen LogP contribution in [0.15, 0.2) is 48.7 Å². The van der Waals surface area contributed by atoms with Gasteiger partial charge in [0.05, 0.1) is 48.2 Å². The number of alkyl carbamates (subject to hydrolysis) is 1. The SMILES string of the molecule is COC(=O)N[C@H](C(=O)N1CCCC1c1ncc(-c2ccc3c(c2)COc2cc4c(ccc5[nH]c([C@@H]6CC7CCC[C@@H]7N6C(=O)[C@@H](NC(O)OC)C(C)C)nc54)cc2-3)[nH]1)C1CCOCC1. The molecule has 0 radical (unpaired) electrons. The molecule has 64 heavy (non-hydrogen) atoms. The summed E-state index contributed by atoms with van der Waals surface area (Å²) in [4.78, 5) is 61.8. The summed E-state index contributed by atoms with van der Waals surface area (Å²) in [6.45, 7) is 6.04. The van der Waals surface area contributed by atoms with Crippen molar-refractivity contribution in [3.05, 3.63) is 65.9 Å². The van der Waals surface area contributed by atoms with E-state index in [1.165, 1.54) is 14.2 Å². The zero-order valence-electron chi connectivity index (χ0n) is 36.9. The second kappa shape index (κ2) is 17.4. The van der Waals surface area contributed by atoms with E-state index in [0.29, 0.717) is 45.1 Å². The van der Waals surface area contributed by atoms with Crippen LogP contribution in [0.3, 0.4) is 0 Å². The quantitative estimate of drug-likeness (QED) is 0.0915. The lowest BCUT2D eigenvalue weighted by Crippen LogP contribution is -2.54. The van der Waals surface area contributed by atoms with Gasteiger partial charge in [0.25, 0.3) is 0 Å². The molecule has 7 atom stereocenters. The molecule has 2 aromatic heterocycles. The Morgan fingerprint density at radius 2 is 1.77 bits per heavy atom. The van der Waals surface area contributed by atoms with Crippen molar-refractivity contribution in [2.45, 2.75) is 108 Å². The van der Waals surface area contributed by atoms with Gasteiger partial charge in [-0.25, -0.2) is 14.8 Å². The van der Waals surface area contributed by atoms with E-state index in [2.05, 4.69) is 63.1 Å². The first-order chi connectivity index (χ1) is 31.1. The van der Waals surface area contributed by atoms with Crippen LogP contribution in [0.4, 0.5) is 4.79 Å². The Morgan fingerprint density at radius 3 is 2.56 bits per heavy atom. The summed E-state index contributed by atoms with van der Waals surface area (Å²) in [5.41, 5.74) is 6.72. The molecule has 16 heteroatoms. The summed E-state index contributed by atoms with van der Waals surface area (Å²) in [5.74, 6) is 2.43. The number of nitrogens with one attached hydrogen (secondary N) is 4. The molecule has 16 nitrogen and oxygen atoms in total. The van der Waals surface area contributed by atoms with Crippen LogP contribution in [0.1, 0.15) is 94.5 Å². The summed E-state index contributed by atoms with van der Waals surface area (Å²) >= 11 is 0. The lowest BCUT2D eigenvalue weighted by molar-refractivity contribution is -0.147. The minimum Gasteiger partial charge on any atom is -0.488 e. The van der Waals surface area contributed by atoms with E-state index < -0.39 is 24.6 Å². The molecule has 4 fully saturated rings. The molecule has 1 aliphatic carbocycles. The van der Waals surface area contributed by atoms with Gasteiger partial charge in [0, 0.05) is 43.9 Å². The zero-order valence-corrected chi connectivity index (χ0v) is 36.9. The number of hydrogen-bond donors (Lipinski definition) is 5. The maximum absolute atomic E-state index is 14.4. The first-order valence-electron chi connectivity index (χ1n) is 22.9.